The number of esters is 1. The SMILES string of the molecule is COC(=O)c1c(C)nc2c3ccsc3n3nnnc3c2c1C. The van der Waals surface area contributed by atoms with E-state index in [4.69, 9.17) is 4.74 Å². The van der Waals surface area contributed by atoms with Gasteiger partial charge in [-0.15, -0.1) is 16.4 Å². The maximum Gasteiger partial charge on any atom is 0.339 e. The number of carbonyl (C=O) groups excluding carboxylic acids is 1. The Morgan fingerprint density at radius 3 is 2.95 bits per heavy atom. The number of aromatic nitrogens is 5. The molecule has 0 amide bonds. The van der Waals surface area contributed by atoms with E-state index in [1.807, 2.05) is 25.3 Å². The lowest BCUT2D eigenvalue weighted by Gasteiger charge is -2.11. The number of hydrogen-bond donors (Lipinski definition) is 0. The molecule has 0 N–H and O–H groups in total. The molecular formula is C14H11N5O2S. The predicted octanol–water partition coefficient (Wildman–Crippen LogP) is 2.29. The van der Waals surface area contributed by atoms with Gasteiger partial charge in [0.2, 0.25) is 0 Å². The van der Waals surface area contributed by atoms with E-state index in [9.17, 15) is 4.79 Å². The lowest BCUT2D eigenvalue weighted by Crippen LogP contribution is -2.09. The Labute approximate surface area is 128 Å². The van der Waals surface area contributed by atoms with E-state index in [-0.39, 0.29) is 0 Å². The topological polar surface area (TPSA) is 82.3 Å². The number of carbonyl (C=O) groups is 1. The third-order valence-electron chi connectivity index (χ3n) is 3.80. The summed E-state index contributed by atoms with van der Waals surface area (Å²) in [6.45, 7) is 3.68. The molecule has 110 valence electrons. The molecule has 7 nitrogen and oxygen atoms in total. The van der Waals surface area contributed by atoms with Gasteiger partial charge in [-0.25, -0.2) is 4.79 Å². The maximum absolute atomic E-state index is 12.1. The van der Waals surface area contributed by atoms with Crippen LogP contribution >= 0.6 is 11.3 Å². The van der Waals surface area contributed by atoms with Gasteiger partial charge < -0.3 is 4.74 Å². The molecule has 4 aromatic rings. The molecule has 0 aliphatic heterocycles. The summed E-state index contributed by atoms with van der Waals surface area (Å²) in [5.41, 5.74) is 3.29. The van der Waals surface area contributed by atoms with Crippen LogP contribution in [0.15, 0.2) is 11.4 Å². The Hall–Kier alpha value is -2.61. The number of rotatable bonds is 1. The summed E-state index contributed by atoms with van der Waals surface area (Å²) in [6, 6.07) is 1.99. The Balaban J connectivity index is 2.32. The summed E-state index contributed by atoms with van der Waals surface area (Å²) in [5, 5.41) is 15.7. The van der Waals surface area contributed by atoms with Crippen LogP contribution in [0.2, 0.25) is 0 Å². The lowest BCUT2D eigenvalue weighted by atomic mass is 10.0. The molecule has 8 heteroatoms. The van der Waals surface area contributed by atoms with Crippen molar-refractivity contribution in [1.29, 1.82) is 0 Å². The molecular weight excluding hydrogens is 302 g/mol. The van der Waals surface area contributed by atoms with Crippen molar-refractivity contribution in [2.45, 2.75) is 13.8 Å². The Kier molecular flexibility index (Phi) is 2.64. The van der Waals surface area contributed by atoms with Crippen LogP contribution in [0.4, 0.5) is 0 Å². The monoisotopic (exact) mass is 313 g/mol. The highest BCUT2D eigenvalue weighted by Crippen LogP contribution is 2.33. The molecule has 4 aromatic heterocycles. The van der Waals surface area contributed by atoms with E-state index in [1.54, 1.807) is 15.9 Å². The third kappa shape index (κ3) is 1.52. The smallest absolute Gasteiger partial charge is 0.339 e. The fourth-order valence-electron chi connectivity index (χ4n) is 2.85. The molecule has 0 atom stereocenters. The quantitative estimate of drug-likeness (QED) is 0.501. The zero-order valence-corrected chi connectivity index (χ0v) is 12.9. The first-order chi connectivity index (χ1) is 10.6. The van der Waals surface area contributed by atoms with Gasteiger partial charge in [0.15, 0.2) is 5.65 Å². The minimum Gasteiger partial charge on any atom is -0.465 e. The van der Waals surface area contributed by atoms with Crippen LogP contribution in [-0.2, 0) is 4.74 Å². The highest BCUT2D eigenvalue weighted by Gasteiger charge is 2.22. The summed E-state index contributed by atoms with van der Waals surface area (Å²) in [6.07, 6.45) is 0. The van der Waals surface area contributed by atoms with Crippen LogP contribution in [-0.4, -0.2) is 38.1 Å². The number of hydrogen-bond acceptors (Lipinski definition) is 7. The van der Waals surface area contributed by atoms with Gasteiger partial charge in [-0.05, 0) is 41.3 Å². The second-order valence-corrected chi connectivity index (χ2v) is 5.86. The van der Waals surface area contributed by atoms with E-state index in [0.29, 0.717) is 16.9 Å². The zero-order chi connectivity index (χ0) is 15.4. The van der Waals surface area contributed by atoms with E-state index >= 15 is 0 Å². The second kappa shape index (κ2) is 4.44. The fourth-order valence-corrected chi connectivity index (χ4v) is 3.70. The van der Waals surface area contributed by atoms with Crippen molar-refractivity contribution >= 4 is 44.1 Å². The maximum atomic E-state index is 12.1. The minimum atomic E-state index is -0.402. The van der Waals surface area contributed by atoms with Gasteiger partial charge in [-0.1, -0.05) is 0 Å². The number of pyridine rings is 2. The zero-order valence-electron chi connectivity index (χ0n) is 12.1. The lowest BCUT2D eigenvalue weighted by molar-refractivity contribution is 0.0599. The van der Waals surface area contributed by atoms with Gasteiger partial charge in [-0.2, -0.15) is 4.52 Å². The van der Waals surface area contributed by atoms with Gasteiger partial charge in [0, 0.05) is 5.39 Å². The summed E-state index contributed by atoms with van der Waals surface area (Å²) < 4.78 is 6.57. The van der Waals surface area contributed by atoms with Crippen molar-refractivity contribution in [1.82, 2.24) is 25.0 Å². The largest absolute Gasteiger partial charge is 0.465 e. The van der Waals surface area contributed by atoms with Crippen LogP contribution in [0.25, 0.3) is 26.8 Å². The average Bonchev–Trinajstić information content (AvgIpc) is 3.14. The van der Waals surface area contributed by atoms with Gasteiger partial charge in [0.05, 0.1) is 29.3 Å². The third-order valence-corrected chi connectivity index (χ3v) is 4.69. The molecule has 0 saturated carbocycles. The summed E-state index contributed by atoms with van der Waals surface area (Å²) in [5.74, 6) is -0.402. The molecule has 4 rings (SSSR count). The normalized spacial score (nSPS) is 11.6. The number of aryl methyl sites for hydroxylation is 2. The molecule has 0 fully saturated rings. The summed E-state index contributed by atoms with van der Waals surface area (Å²) in [4.78, 5) is 17.6. The highest BCUT2D eigenvalue weighted by molar-refractivity contribution is 7.17. The Morgan fingerprint density at radius 1 is 1.36 bits per heavy atom. The van der Waals surface area contributed by atoms with Crippen molar-refractivity contribution in [3.63, 3.8) is 0 Å². The summed E-state index contributed by atoms with van der Waals surface area (Å²) in [7, 11) is 1.36. The predicted molar refractivity (Wildman–Crippen MR) is 82.3 cm³/mol. The van der Waals surface area contributed by atoms with Crippen LogP contribution in [0, 0.1) is 13.8 Å². The van der Waals surface area contributed by atoms with Crippen LogP contribution < -0.4 is 0 Å². The highest BCUT2D eigenvalue weighted by atomic mass is 32.1. The van der Waals surface area contributed by atoms with Crippen LogP contribution in [0.1, 0.15) is 21.6 Å². The molecule has 22 heavy (non-hydrogen) atoms. The van der Waals surface area contributed by atoms with Crippen molar-refractivity contribution in [3.8, 4) is 0 Å². The second-order valence-electron chi connectivity index (χ2n) is 4.97. The molecule has 0 saturated heterocycles. The molecule has 0 aliphatic rings. The number of thiophene rings is 1. The first-order valence-corrected chi connectivity index (χ1v) is 7.48. The van der Waals surface area contributed by atoms with Crippen molar-refractivity contribution < 1.29 is 9.53 Å². The molecule has 0 aromatic carbocycles. The van der Waals surface area contributed by atoms with Gasteiger partial charge in [0.25, 0.3) is 0 Å². The standard InChI is InChI=1S/C14H11N5O2S/c1-6-9(14(20)21-3)7(2)15-11-8-4-5-22-13(8)19-12(10(6)11)16-17-18-19/h4-5H,1-3H3. The fraction of sp³-hybridized carbons (Fsp3) is 0.214. The molecule has 0 aliphatic carbocycles. The molecule has 0 bridgehead atoms. The molecule has 0 spiro atoms. The van der Waals surface area contributed by atoms with E-state index < -0.39 is 5.97 Å². The Morgan fingerprint density at radius 2 is 2.18 bits per heavy atom. The van der Waals surface area contributed by atoms with E-state index in [0.717, 1.165) is 26.7 Å². The first-order valence-electron chi connectivity index (χ1n) is 6.60. The molecule has 4 heterocycles. The number of methoxy groups -OCH3 is 1. The molecule has 0 radical (unpaired) electrons. The van der Waals surface area contributed by atoms with Crippen molar-refractivity contribution in [3.05, 3.63) is 28.3 Å². The van der Waals surface area contributed by atoms with Gasteiger partial charge in [-0.3, -0.25) is 4.98 Å². The minimum absolute atomic E-state index is 0.402. The van der Waals surface area contributed by atoms with Crippen molar-refractivity contribution in [2.24, 2.45) is 0 Å². The van der Waals surface area contributed by atoms with E-state index in [2.05, 4.69) is 20.5 Å². The van der Waals surface area contributed by atoms with Gasteiger partial charge >= 0.3 is 5.97 Å². The Bertz CT molecular complexity index is 1070. The summed E-state index contributed by atoms with van der Waals surface area (Å²) >= 11 is 1.55. The van der Waals surface area contributed by atoms with Crippen molar-refractivity contribution in [2.75, 3.05) is 7.11 Å². The average molecular weight is 313 g/mol. The number of tetrazole rings is 1. The number of nitrogens with zero attached hydrogens (tertiary/aromatic N) is 5. The first kappa shape index (κ1) is 13.1. The van der Waals surface area contributed by atoms with Crippen LogP contribution in [0.5, 0.6) is 0 Å². The number of ether oxygens (including phenoxy) is 1. The van der Waals surface area contributed by atoms with E-state index in [1.165, 1.54) is 7.11 Å². The van der Waals surface area contributed by atoms with Crippen LogP contribution in [0.3, 0.4) is 0 Å². The molecule has 0 unspecified atom stereocenters. The van der Waals surface area contributed by atoms with Gasteiger partial charge in [0.1, 0.15) is 4.83 Å². The number of fused-ring (bicyclic) bond motifs is 6.